The number of hydrogen-bond donors (Lipinski definition) is 3. The van der Waals surface area contributed by atoms with E-state index in [9.17, 15) is 15.3 Å². The number of aliphatic hydroxyl groups is 3. The summed E-state index contributed by atoms with van der Waals surface area (Å²) in [6.07, 6.45) is 10.5. The Morgan fingerprint density at radius 3 is 2.15 bits per heavy atom. The second-order valence-electron chi connectivity index (χ2n) is 14.7. The molecule has 0 aromatic rings. The first-order valence-electron chi connectivity index (χ1n) is 14.3. The largest absolute Gasteiger partial charge is 0.396 e. The van der Waals surface area contributed by atoms with Crippen LogP contribution in [0, 0.1) is 39.9 Å². The Morgan fingerprint density at radius 2 is 1.59 bits per heavy atom. The normalized spacial score (nSPS) is 47.2. The Morgan fingerprint density at radius 1 is 0.941 bits per heavy atom. The van der Waals surface area contributed by atoms with Crippen molar-refractivity contribution in [1.29, 1.82) is 0 Å². The van der Waals surface area contributed by atoms with Crippen LogP contribution >= 0.6 is 0 Å². The van der Waals surface area contributed by atoms with Crippen LogP contribution in [0.15, 0.2) is 0 Å². The topological polar surface area (TPSA) is 73.2 Å². The van der Waals surface area contributed by atoms with Gasteiger partial charge < -0.3 is 20.1 Å². The van der Waals surface area contributed by atoms with E-state index in [-0.39, 0.29) is 23.2 Å². The summed E-state index contributed by atoms with van der Waals surface area (Å²) >= 11 is 0. The van der Waals surface area contributed by atoms with Crippen molar-refractivity contribution in [3.05, 3.63) is 0 Å². The summed E-state index contributed by atoms with van der Waals surface area (Å²) in [7, 11) is 0. The molecule has 0 radical (unpaired) electrons. The third kappa shape index (κ3) is 3.75. The van der Waals surface area contributed by atoms with Crippen LogP contribution in [0.5, 0.6) is 0 Å². The van der Waals surface area contributed by atoms with E-state index >= 15 is 0 Å². The van der Waals surface area contributed by atoms with E-state index in [2.05, 4.69) is 41.5 Å². The Hall–Kier alpha value is -0.160. The summed E-state index contributed by atoms with van der Waals surface area (Å²) in [6, 6.07) is 0. The number of ether oxygens (including phenoxy) is 1. The molecule has 0 amide bonds. The van der Waals surface area contributed by atoms with Crippen molar-refractivity contribution in [2.75, 3.05) is 6.61 Å². The molecule has 4 fully saturated rings. The quantitative estimate of drug-likeness (QED) is 0.368. The third-order valence-electron chi connectivity index (χ3n) is 12.5. The van der Waals surface area contributed by atoms with Gasteiger partial charge in [-0.3, -0.25) is 0 Å². The van der Waals surface area contributed by atoms with Gasteiger partial charge in [0.2, 0.25) is 0 Å². The molecule has 1 aliphatic heterocycles. The van der Waals surface area contributed by atoms with Crippen molar-refractivity contribution in [2.24, 2.45) is 39.9 Å². The highest BCUT2D eigenvalue weighted by atomic mass is 16.6. The maximum Gasteiger partial charge on any atom is 0.101 e. The SMILES string of the molecule is C[C@@H](CC[C@@H](O)C(C)(C)O)[C@@H]1CC[C@]2(C)C3CC[C@]4(OC4(C)C)C(CCCO)[C@]3(C)CC[C@@]12C. The van der Waals surface area contributed by atoms with Crippen LogP contribution in [0.25, 0.3) is 0 Å². The molecule has 0 bridgehead atoms. The number of rotatable bonds is 8. The molecule has 9 atom stereocenters. The van der Waals surface area contributed by atoms with Gasteiger partial charge in [0, 0.05) is 6.61 Å². The van der Waals surface area contributed by atoms with E-state index in [0.717, 1.165) is 19.3 Å². The summed E-state index contributed by atoms with van der Waals surface area (Å²) in [6.45, 7) is 18.5. The molecule has 34 heavy (non-hydrogen) atoms. The Labute approximate surface area is 209 Å². The van der Waals surface area contributed by atoms with E-state index < -0.39 is 11.7 Å². The predicted molar refractivity (Wildman–Crippen MR) is 137 cm³/mol. The van der Waals surface area contributed by atoms with E-state index in [1.165, 1.54) is 38.5 Å². The molecule has 0 aromatic carbocycles. The summed E-state index contributed by atoms with van der Waals surface area (Å²) < 4.78 is 6.54. The number of aliphatic hydroxyl groups excluding tert-OH is 2. The first-order chi connectivity index (χ1) is 15.6. The minimum absolute atomic E-state index is 0.00998. The number of fused-ring (bicyclic) bond motifs is 3. The fourth-order valence-electron chi connectivity index (χ4n) is 10.1. The molecule has 4 heteroatoms. The van der Waals surface area contributed by atoms with Crippen molar-refractivity contribution in [1.82, 2.24) is 0 Å². The van der Waals surface area contributed by atoms with Gasteiger partial charge in [-0.2, -0.15) is 0 Å². The molecular formula is C30H54O4. The lowest BCUT2D eigenvalue weighted by atomic mass is 9.39. The van der Waals surface area contributed by atoms with E-state index in [0.29, 0.717) is 40.9 Å². The zero-order chi connectivity index (χ0) is 25.4. The van der Waals surface area contributed by atoms with Gasteiger partial charge in [0.15, 0.2) is 0 Å². The average Bonchev–Trinajstić information content (AvgIpc) is 3.15. The second-order valence-corrected chi connectivity index (χ2v) is 14.7. The molecule has 3 N–H and O–H groups in total. The summed E-state index contributed by atoms with van der Waals surface area (Å²) in [5.74, 6) is 2.46. The number of epoxide rings is 1. The van der Waals surface area contributed by atoms with Gasteiger partial charge in [0.1, 0.15) is 5.60 Å². The monoisotopic (exact) mass is 478 g/mol. The molecule has 0 aromatic heterocycles. The molecule has 198 valence electrons. The fourth-order valence-corrected chi connectivity index (χ4v) is 10.1. The molecule has 2 unspecified atom stereocenters. The lowest BCUT2D eigenvalue weighted by Gasteiger charge is -2.65. The maximum atomic E-state index is 10.4. The van der Waals surface area contributed by atoms with Crippen LogP contribution in [0.3, 0.4) is 0 Å². The molecular weight excluding hydrogens is 424 g/mol. The van der Waals surface area contributed by atoms with Crippen LogP contribution in [0.1, 0.15) is 120 Å². The molecule has 3 saturated carbocycles. The highest BCUT2D eigenvalue weighted by molar-refractivity contribution is 5.24. The van der Waals surface area contributed by atoms with Crippen molar-refractivity contribution < 1.29 is 20.1 Å². The fraction of sp³-hybridized carbons (Fsp3) is 1.00. The van der Waals surface area contributed by atoms with Gasteiger partial charge in [-0.15, -0.1) is 0 Å². The van der Waals surface area contributed by atoms with Gasteiger partial charge >= 0.3 is 0 Å². The van der Waals surface area contributed by atoms with Crippen LogP contribution in [0.4, 0.5) is 0 Å². The van der Waals surface area contributed by atoms with Gasteiger partial charge in [-0.1, -0.05) is 27.7 Å². The van der Waals surface area contributed by atoms with E-state index in [1.54, 1.807) is 13.8 Å². The van der Waals surface area contributed by atoms with Crippen LogP contribution < -0.4 is 0 Å². The molecule has 4 rings (SSSR count). The Balaban J connectivity index is 1.57. The van der Waals surface area contributed by atoms with E-state index in [1.807, 2.05) is 0 Å². The second kappa shape index (κ2) is 8.43. The molecule has 4 aliphatic rings. The van der Waals surface area contributed by atoms with Crippen molar-refractivity contribution >= 4 is 0 Å². The molecule has 3 aliphatic carbocycles. The Kier molecular flexibility index (Phi) is 6.67. The van der Waals surface area contributed by atoms with Gasteiger partial charge in [0.25, 0.3) is 0 Å². The molecule has 1 heterocycles. The highest BCUT2D eigenvalue weighted by Gasteiger charge is 2.76. The molecule has 1 spiro atoms. The van der Waals surface area contributed by atoms with Crippen molar-refractivity contribution in [2.45, 2.75) is 143 Å². The van der Waals surface area contributed by atoms with Crippen molar-refractivity contribution in [3.8, 4) is 0 Å². The first-order valence-corrected chi connectivity index (χ1v) is 14.3. The zero-order valence-electron chi connectivity index (χ0n) is 23.4. The minimum Gasteiger partial charge on any atom is -0.396 e. The summed E-state index contributed by atoms with van der Waals surface area (Å²) in [4.78, 5) is 0. The first kappa shape index (κ1) is 26.9. The maximum absolute atomic E-state index is 10.4. The van der Waals surface area contributed by atoms with Gasteiger partial charge in [-0.25, -0.2) is 0 Å². The standard InChI is InChI=1S/C30H54O4/c1-20(11-12-24(32)25(2,3)33)21-13-15-29(8)22-14-16-30(26(4,5)34-30)23(10-9-19-31)27(22,6)17-18-28(21,29)7/h20-24,31-33H,9-19H2,1-8H3/t20-,21-,22?,23?,24+,27+,28-,29+,30-/m0/s1. The van der Waals surface area contributed by atoms with Crippen LogP contribution in [-0.2, 0) is 4.74 Å². The third-order valence-corrected chi connectivity index (χ3v) is 12.5. The number of hydrogen-bond acceptors (Lipinski definition) is 4. The predicted octanol–water partition coefficient (Wildman–Crippen LogP) is 6.10. The van der Waals surface area contributed by atoms with Gasteiger partial charge in [-0.05, 0) is 132 Å². The van der Waals surface area contributed by atoms with Crippen LogP contribution in [-0.4, -0.2) is 44.8 Å². The summed E-state index contributed by atoms with van der Waals surface area (Å²) in [5, 5.41) is 30.3. The zero-order valence-corrected chi connectivity index (χ0v) is 23.4. The summed E-state index contributed by atoms with van der Waals surface area (Å²) in [5.41, 5.74) is -0.133. The average molecular weight is 479 g/mol. The highest BCUT2D eigenvalue weighted by Crippen LogP contribution is 2.77. The lowest BCUT2D eigenvalue weighted by Crippen LogP contribution is -2.61. The molecule has 1 saturated heterocycles. The smallest absolute Gasteiger partial charge is 0.101 e. The molecule has 4 nitrogen and oxygen atoms in total. The van der Waals surface area contributed by atoms with Crippen molar-refractivity contribution in [3.63, 3.8) is 0 Å². The van der Waals surface area contributed by atoms with Gasteiger partial charge in [0.05, 0.1) is 17.3 Å². The Bertz CT molecular complexity index is 757. The van der Waals surface area contributed by atoms with E-state index in [4.69, 9.17) is 4.74 Å². The minimum atomic E-state index is -1.03. The lowest BCUT2D eigenvalue weighted by molar-refractivity contribution is -0.173. The van der Waals surface area contributed by atoms with Crippen LogP contribution in [0.2, 0.25) is 0 Å².